The van der Waals surface area contributed by atoms with Crippen molar-refractivity contribution in [1.82, 2.24) is 0 Å². The molecule has 0 bridgehead atoms. The summed E-state index contributed by atoms with van der Waals surface area (Å²) < 4.78 is 0. The minimum absolute atomic E-state index is 0.0490. The molecule has 33 heavy (non-hydrogen) atoms. The molecule has 1 aliphatic rings. The molecule has 3 aromatic carbocycles. The standard InChI is InChI=1S/C26H22N2O4S/c1-2-7-22(29)27-16-8-5-9-17(14-16)33-15-23(30)28-21-13-6-12-20-24(21)26(32)19-11-4-3-10-18(19)25(20)31/h3-6,8-14H,2,7,15H2,1H3,(H,27,29)(H,28,30). The van der Waals surface area contributed by atoms with Gasteiger partial charge in [0.15, 0.2) is 11.6 Å². The Balaban J connectivity index is 1.46. The summed E-state index contributed by atoms with van der Waals surface area (Å²) in [5, 5.41) is 5.62. The Morgan fingerprint density at radius 2 is 1.48 bits per heavy atom. The molecule has 1 aliphatic carbocycles. The van der Waals surface area contributed by atoms with Crippen molar-refractivity contribution in [1.29, 1.82) is 0 Å². The molecule has 0 saturated heterocycles. The molecule has 0 spiro atoms. The lowest BCUT2D eigenvalue weighted by atomic mass is 9.83. The molecule has 0 unspecified atom stereocenters. The summed E-state index contributed by atoms with van der Waals surface area (Å²) >= 11 is 1.31. The maximum absolute atomic E-state index is 13.1. The van der Waals surface area contributed by atoms with E-state index in [9.17, 15) is 19.2 Å². The Morgan fingerprint density at radius 1 is 0.788 bits per heavy atom. The molecule has 0 fully saturated rings. The summed E-state index contributed by atoms with van der Waals surface area (Å²) in [4.78, 5) is 51.2. The highest BCUT2D eigenvalue weighted by Crippen LogP contribution is 2.32. The first-order valence-electron chi connectivity index (χ1n) is 10.6. The minimum Gasteiger partial charge on any atom is -0.326 e. The van der Waals surface area contributed by atoms with Crippen molar-refractivity contribution in [2.24, 2.45) is 0 Å². The molecule has 0 aliphatic heterocycles. The fourth-order valence-electron chi connectivity index (χ4n) is 3.70. The number of carbonyl (C=O) groups excluding carboxylic acids is 4. The third kappa shape index (κ3) is 4.88. The quantitative estimate of drug-likeness (QED) is 0.383. The van der Waals surface area contributed by atoms with E-state index >= 15 is 0 Å². The molecule has 2 amide bonds. The van der Waals surface area contributed by atoms with Crippen molar-refractivity contribution in [3.05, 3.63) is 89.0 Å². The van der Waals surface area contributed by atoms with Gasteiger partial charge in [-0.1, -0.05) is 49.4 Å². The maximum Gasteiger partial charge on any atom is 0.234 e. The molecule has 0 radical (unpaired) electrons. The highest BCUT2D eigenvalue weighted by atomic mass is 32.2. The van der Waals surface area contributed by atoms with Crippen LogP contribution in [0.25, 0.3) is 0 Å². The zero-order chi connectivity index (χ0) is 23.4. The van der Waals surface area contributed by atoms with Crippen molar-refractivity contribution in [3.8, 4) is 0 Å². The molecular formula is C26H22N2O4S. The first kappa shape index (κ1) is 22.5. The Labute approximate surface area is 195 Å². The van der Waals surface area contributed by atoms with E-state index in [4.69, 9.17) is 0 Å². The van der Waals surface area contributed by atoms with Crippen LogP contribution in [-0.4, -0.2) is 29.1 Å². The number of amides is 2. The van der Waals surface area contributed by atoms with Crippen LogP contribution in [0.15, 0.2) is 71.6 Å². The zero-order valence-corrected chi connectivity index (χ0v) is 18.8. The molecule has 0 heterocycles. The number of hydrogen-bond acceptors (Lipinski definition) is 5. The van der Waals surface area contributed by atoms with Crippen molar-refractivity contribution < 1.29 is 19.2 Å². The van der Waals surface area contributed by atoms with E-state index in [2.05, 4.69) is 10.6 Å². The normalized spacial score (nSPS) is 12.0. The first-order valence-corrected chi connectivity index (χ1v) is 11.6. The number of nitrogens with one attached hydrogen (secondary N) is 2. The van der Waals surface area contributed by atoms with E-state index in [1.165, 1.54) is 11.8 Å². The largest absolute Gasteiger partial charge is 0.326 e. The number of carbonyl (C=O) groups is 4. The van der Waals surface area contributed by atoms with Gasteiger partial charge in [0.05, 0.1) is 17.0 Å². The van der Waals surface area contributed by atoms with Crippen LogP contribution in [-0.2, 0) is 9.59 Å². The predicted molar refractivity (Wildman–Crippen MR) is 129 cm³/mol. The molecule has 2 N–H and O–H groups in total. The summed E-state index contributed by atoms with van der Waals surface area (Å²) in [5.41, 5.74) is 2.23. The second kappa shape index (κ2) is 9.83. The average molecular weight is 459 g/mol. The van der Waals surface area contributed by atoms with Gasteiger partial charge in [-0.3, -0.25) is 19.2 Å². The number of benzene rings is 3. The fourth-order valence-corrected chi connectivity index (χ4v) is 4.45. The molecule has 7 heteroatoms. The van der Waals surface area contributed by atoms with Gasteiger partial charge in [0.25, 0.3) is 0 Å². The van der Waals surface area contributed by atoms with Crippen LogP contribution in [0, 0.1) is 0 Å². The topological polar surface area (TPSA) is 92.3 Å². The van der Waals surface area contributed by atoms with Gasteiger partial charge < -0.3 is 10.6 Å². The van der Waals surface area contributed by atoms with E-state index in [0.717, 1.165) is 11.3 Å². The number of thioether (sulfide) groups is 1. The van der Waals surface area contributed by atoms with Crippen LogP contribution in [0.4, 0.5) is 11.4 Å². The number of ketones is 2. The third-order valence-electron chi connectivity index (χ3n) is 5.19. The van der Waals surface area contributed by atoms with Crippen molar-refractivity contribution in [2.75, 3.05) is 16.4 Å². The molecule has 4 rings (SSSR count). The molecule has 166 valence electrons. The number of hydrogen-bond donors (Lipinski definition) is 2. The highest BCUT2D eigenvalue weighted by molar-refractivity contribution is 8.00. The summed E-state index contributed by atoms with van der Waals surface area (Å²) in [5.74, 6) is -0.749. The average Bonchev–Trinajstić information content (AvgIpc) is 2.81. The molecule has 3 aromatic rings. The number of fused-ring (bicyclic) bond motifs is 2. The lowest BCUT2D eigenvalue weighted by molar-refractivity contribution is -0.116. The lowest BCUT2D eigenvalue weighted by Crippen LogP contribution is -2.24. The summed E-state index contributed by atoms with van der Waals surface area (Å²) in [6.45, 7) is 1.94. The van der Waals surface area contributed by atoms with Crippen LogP contribution in [0.1, 0.15) is 51.6 Å². The Bertz CT molecular complexity index is 1270. The fraction of sp³-hybridized carbons (Fsp3) is 0.154. The number of rotatable bonds is 7. The summed E-state index contributed by atoms with van der Waals surface area (Å²) in [6, 6.07) is 18.9. The van der Waals surface area contributed by atoms with Gasteiger partial charge in [0, 0.05) is 33.7 Å². The van der Waals surface area contributed by atoms with E-state index in [1.807, 2.05) is 25.1 Å². The minimum atomic E-state index is -0.298. The maximum atomic E-state index is 13.1. The van der Waals surface area contributed by atoms with E-state index in [0.29, 0.717) is 34.5 Å². The second-order valence-electron chi connectivity index (χ2n) is 7.59. The van der Waals surface area contributed by atoms with Crippen LogP contribution in [0.2, 0.25) is 0 Å². The van der Waals surface area contributed by atoms with E-state index < -0.39 is 0 Å². The van der Waals surface area contributed by atoms with Gasteiger partial charge >= 0.3 is 0 Å². The van der Waals surface area contributed by atoms with E-state index in [1.54, 1.807) is 48.5 Å². The molecule has 0 aromatic heterocycles. The first-order chi connectivity index (χ1) is 16.0. The van der Waals surface area contributed by atoms with Gasteiger partial charge in [0.2, 0.25) is 11.8 Å². The summed E-state index contributed by atoms with van der Waals surface area (Å²) in [7, 11) is 0. The second-order valence-corrected chi connectivity index (χ2v) is 8.64. The van der Waals surface area contributed by atoms with Gasteiger partial charge in [-0.2, -0.15) is 0 Å². The van der Waals surface area contributed by atoms with Crippen LogP contribution >= 0.6 is 11.8 Å². The monoisotopic (exact) mass is 458 g/mol. The van der Waals surface area contributed by atoms with Gasteiger partial charge in [-0.05, 0) is 30.7 Å². The van der Waals surface area contributed by atoms with Gasteiger partial charge in [-0.15, -0.1) is 11.8 Å². The molecule has 0 atom stereocenters. The van der Waals surface area contributed by atoms with Gasteiger partial charge in [-0.25, -0.2) is 0 Å². The third-order valence-corrected chi connectivity index (χ3v) is 6.19. The predicted octanol–water partition coefficient (Wildman–Crippen LogP) is 4.93. The van der Waals surface area contributed by atoms with Crippen molar-refractivity contribution in [3.63, 3.8) is 0 Å². The summed E-state index contributed by atoms with van der Waals surface area (Å²) in [6.07, 6.45) is 1.22. The van der Waals surface area contributed by atoms with Crippen molar-refractivity contribution >= 4 is 46.5 Å². The lowest BCUT2D eigenvalue weighted by Gasteiger charge is -2.20. The van der Waals surface area contributed by atoms with Crippen LogP contribution in [0.5, 0.6) is 0 Å². The van der Waals surface area contributed by atoms with Gasteiger partial charge in [0.1, 0.15) is 0 Å². The Hall–Kier alpha value is -3.71. The van der Waals surface area contributed by atoms with Crippen LogP contribution < -0.4 is 10.6 Å². The van der Waals surface area contributed by atoms with E-state index in [-0.39, 0.29) is 34.7 Å². The molecule has 0 saturated carbocycles. The zero-order valence-electron chi connectivity index (χ0n) is 18.0. The Morgan fingerprint density at radius 3 is 2.24 bits per heavy atom. The van der Waals surface area contributed by atoms with Crippen molar-refractivity contribution in [2.45, 2.75) is 24.7 Å². The SMILES string of the molecule is CCCC(=O)Nc1cccc(SCC(=O)Nc2cccc3c2C(=O)c2ccccc2C3=O)c1. The molecule has 6 nitrogen and oxygen atoms in total. The molecular weight excluding hydrogens is 436 g/mol. The highest BCUT2D eigenvalue weighted by Gasteiger charge is 2.31. The van der Waals surface area contributed by atoms with Crippen LogP contribution in [0.3, 0.4) is 0 Å². The number of anilines is 2. The smallest absolute Gasteiger partial charge is 0.234 e. The Kier molecular flexibility index (Phi) is 6.70.